The van der Waals surface area contributed by atoms with Crippen LogP contribution < -0.4 is 25.6 Å². The number of carbonyl (C=O) groups excluding carboxylic acids is 1. The van der Waals surface area contributed by atoms with E-state index in [-0.39, 0.29) is 6.54 Å². The predicted octanol–water partition coefficient (Wildman–Crippen LogP) is 2.95. The number of hydrazine groups is 1. The zero-order valence-electron chi connectivity index (χ0n) is 13.5. The van der Waals surface area contributed by atoms with Gasteiger partial charge in [0.1, 0.15) is 0 Å². The highest BCUT2D eigenvalue weighted by Crippen LogP contribution is 2.27. The first kappa shape index (κ1) is 18.2. The van der Waals surface area contributed by atoms with Gasteiger partial charge in [0.05, 0.1) is 19.9 Å². The molecule has 0 heterocycles. The number of ether oxygens (including phenoxy) is 2. The summed E-state index contributed by atoms with van der Waals surface area (Å²) in [6.07, 6.45) is 0. The van der Waals surface area contributed by atoms with E-state index < -0.39 is 29.2 Å². The molecule has 6 nitrogen and oxygen atoms in total. The Kier molecular flexibility index (Phi) is 5.93. The molecule has 0 radical (unpaired) electrons. The van der Waals surface area contributed by atoms with Crippen molar-refractivity contribution in [1.29, 1.82) is 0 Å². The first-order valence-electron chi connectivity index (χ1n) is 7.10. The molecule has 0 unspecified atom stereocenters. The van der Waals surface area contributed by atoms with Crippen molar-refractivity contribution in [1.82, 2.24) is 10.7 Å². The zero-order chi connectivity index (χ0) is 18.4. The Morgan fingerprint density at radius 3 is 2.40 bits per heavy atom. The number of carbonyl (C=O) groups is 1. The standard InChI is InChI=1S/C16H16F3N3O3/c1-24-12-6-3-9(7-13(12)25-2)8-20-16(23)22-21-11-5-4-10(17)14(18)15(11)19/h3-7,21H,8H2,1-2H3,(H2,20,22,23). The molecule has 0 aliphatic rings. The smallest absolute Gasteiger partial charge is 0.333 e. The number of benzene rings is 2. The van der Waals surface area contributed by atoms with Crippen molar-refractivity contribution in [2.75, 3.05) is 19.6 Å². The molecule has 0 aliphatic heterocycles. The molecule has 9 heteroatoms. The lowest BCUT2D eigenvalue weighted by molar-refractivity contribution is 0.242. The van der Waals surface area contributed by atoms with Gasteiger partial charge < -0.3 is 14.8 Å². The van der Waals surface area contributed by atoms with Crippen LogP contribution in [0.4, 0.5) is 23.7 Å². The van der Waals surface area contributed by atoms with Crippen molar-refractivity contribution in [3.63, 3.8) is 0 Å². The van der Waals surface area contributed by atoms with Crippen LogP contribution in [0.1, 0.15) is 5.56 Å². The fourth-order valence-electron chi connectivity index (χ4n) is 1.96. The van der Waals surface area contributed by atoms with Crippen LogP contribution in [0.3, 0.4) is 0 Å². The van der Waals surface area contributed by atoms with Crippen molar-refractivity contribution in [3.8, 4) is 11.5 Å². The Morgan fingerprint density at radius 1 is 1.00 bits per heavy atom. The third kappa shape index (κ3) is 4.46. The molecule has 0 aliphatic carbocycles. The van der Waals surface area contributed by atoms with Gasteiger partial charge in [0, 0.05) is 6.54 Å². The molecule has 2 rings (SSSR count). The summed E-state index contributed by atoms with van der Waals surface area (Å²) in [4.78, 5) is 11.7. The monoisotopic (exact) mass is 355 g/mol. The Bertz CT molecular complexity index is 772. The number of hydrogen-bond donors (Lipinski definition) is 3. The summed E-state index contributed by atoms with van der Waals surface area (Å²) in [6.45, 7) is 0.147. The van der Waals surface area contributed by atoms with Gasteiger partial charge in [-0.1, -0.05) is 6.07 Å². The SMILES string of the molecule is COc1ccc(CNC(=O)NNc2ccc(F)c(F)c2F)cc1OC. The van der Waals surface area contributed by atoms with Crippen LogP contribution in [-0.4, -0.2) is 20.3 Å². The molecule has 2 amide bonds. The van der Waals surface area contributed by atoms with Crippen LogP contribution in [0.5, 0.6) is 11.5 Å². The Labute approximate surface area is 141 Å². The van der Waals surface area contributed by atoms with Crippen LogP contribution in [0.25, 0.3) is 0 Å². The molecular weight excluding hydrogens is 339 g/mol. The summed E-state index contributed by atoms with van der Waals surface area (Å²) >= 11 is 0. The maximum atomic E-state index is 13.4. The highest BCUT2D eigenvalue weighted by Gasteiger charge is 2.13. The highest BCUT2D eigenvalue weighted by molar-refractivity contribution is 5.75. The van der Waals surface area contributed by atoms with E-state index in [0.29, 0.717) is 11.5 Å². The summed E-state index contributed by atoms with van der Waals surface area (Å²) in [5.41, 5.74) is 4.62. The molecule has 0 aromatic heterocycles. The Morgan fingerprint density at radius 2 is 1.72 bits per heavy atom. The summed E-state index contributed by atoms with van der Waals surface area (Å²) in [5, 5.41) is 2.50. The first-order valence-corrected chi connectivity index (χ1v) is 7.10. The number of halogens is 3. The fraction of sp³-hybridized carbons (Fsp3) is 0.188. The highest BCUT2D eigenvalue weighted by atomic mass is 19.2. The van der Waals surface area contributed by atoms with Crippen LogP contribution in [0.2, 0.25) is 0 Å². The van der Waals surface area contributed by atoms with Gasteiger partial charge in [0.2, 0.25) is 0 Å². The molecule has 0 bridgehead atoms. The first-order chi connectivity index (χ1) is 12.0. The Balaban J connectivity index is 1.90. The predicted molar refractivity (Wildman–Crippen MR) is 84.9 cm³/mol. The van der Waals surface area contributed by atoms with Crippen molar-refractivity contribution >= 4 is 11.7 Å². The van der Waals surface area contributed by atoms with Gasteiger partial charge in [-0.25, -0.2) is 18.0 Å². The summed E-state index contributed by atoms with van der Waals surface area (Å²) in [5.74, 6) is -3.32. The molecule has 0 saturated carbocycles. The van der Waals surface area contributed by atoms with Gasteiger partial charge in [-0.2, -0.15) is 0 Å². The minimum absolute atomic E-state index is 0.147. The average molecular weight is 355 g/mol. The summed E-state index contributed by atoms with van der Waals surface area (Å²) in [6, 6.07) is 6.10. The largest absolute Gasteiger partial charge is 0.493 e. The van der Waals surface area contributed by atoms with Crippen LogP contribution >= 0.6 is 0 Å². The van der Waals surface area contributed by atoms with Crippen LogP contribution in [-0.2, 0) is 6.54 Å². The number of hydrogen-bond acceptors (Lipinski definition) is 4. The second kappa shape index (κ2) is 8.13. The van der Waals surface area contributed by atoms with Crippen LogP contribution in [0.15, 0.2) is 30.3 Å². The van der Waals surface area contributed by atoms with Crippen molar-refractivity contribution < 1.29 is 27.4 Å². The number of nitrogens with one attached hydrogen (secondary N) is 3. The molecular formula is C16H16F3N3O3. The summed E-state index contributed by atoms with van der Waals surface area (Å²) in [7, 11) is 2.99. The van der Waals surface area contributed by atoms with E-state index in [0.717, 1.165) is 17.7 Å². The van der Waals surface area contributed by atoms with Gasteiger partial charge in [-0.15, -0.1) is 0 Å². The van der Waals surface area contributed by atoms with Crippen LogP contribution in [0, 0.1) is 17.5 Å². The number of urea groups is 1. The van der Waals surface area contributed by atoms with Crippen molar-refractivity contribution in [2.45, 2.75) is 6.54 Å². The lowest BCUT2D eigenvalue weighted by atomic mass is 10.2. The molecule has 25 heavy (non-hydrogen) atoms. The van der Waals surface area contributed by atoms with Crippen molar-refractivity contribution in [2.24, 2.45) is 0 Å². The quantitative estimate of drug-likeness (QED) is 0.550. The summed E-state index contributed by atoms with van der Waals surface area (Å²) < 4.78 is 49.6. The van der Waals surface area contributed by atoms with E-state index in [1.807, 2.05) is 0 Å². The normalized spacial score (nSPS) is 10.1. The third-order valence-electron chi connectivity index (χ3n) is 3.25. The van der Waals surface area contributed by atoms with Gasteiger partial charge >= 0.3 is 6.03 Å². The number of rotatable bonds is 6. The molecule has 2 aromatic carbocycles. The lowest BCUT2D eigenvalue weighted by Gasteiger charge is -2.12. The molecule has 0 saturated heterocycles. The average Bonchev–Trinajstić information content (AvgIpc) is 2.63. The van der Waals surface area contributed by atoms with Gasteiger partial charge in [0.25, 0.3) is 0 Å². The maximum Gasteiger partial charge on any atom is 0.333 e. The topological polar surface area (TPSA) is 71.6 Å². The second-order valence-corrected chi connectivity index (χ2v) is 4.84. The van der Waals surface area contributed by atoms with E-state index in [2.05, 4.69) is 16.2 Å². The van der Waals surface area contributed by atoms with Gasteiger partial charge in [0.15, 0.2) is 29.0 Å². The molecule has 0 fully saturated rings. The Hall–Kier alpha value is -3.10. The molecule has 134 valence electrons. The van der Waals surface area contributed by atoms with E-state index >= 15 is 0 Å². The minimum atomic E-state index is -1.63. The van der Waals surface area contributed by atoms with Gasteiger partial charge in [-0.05, 0) is 29.8 Å². The fourth-order valence-corrected chi connectivity index (χ4v) is 1.96. The number of methoxy groups -OCH3 is 2. The van der Waals surface area contributed by atoms with E-state index in [4.69, 9.17) is 9.47 Å². The van der Waals surface area contributed by atoms with E-state index in [1.54, 1.807) is 18.2 Å². The molecule has 0 atom stereocenters. The van der Waals surface area contributed by atoms with Gasteiger partial charge in [-0.3, -0.25) is 10.9 Å². The minimum Gasteiger partial charge on any atom is -0.493 e. The third-order valence-corrected chi connectivity index (χ3v) is 3.25. The number of anilines is 1. The van der Waals surface area contributed by atoms with E-state index in [9.17, 15) is 18.0 Å². The lowest BCUT2D eigenvalue weighted by Crippen LogP contribution is -2.38. The van der Waals surface area contributed by atoms with Crippen molar-refractivity contribution in [3.05, 3.63) is 53.3 Å². The number of amides is 2. The second-order valence-electron chi connectivity index (χ2n) is 4.84. The van der Waals surface area contributed by atoms with E-state index in [1.165, 1.54) is 14.2 Å². The molecule has 2 aromatic rings. The maximum absolute atomic E-state index is 13.4. The zero-order valence-corrected chi connectivity index (χ0v) is 13.5. The molecule has 0 spiro atoms. The molecule has 3 N–H and O–H groups in total.